The van der Waals surface area contributed by atoms with E-state index in [1.165, 1.54) is 31.3 Å². The highest BCUT2D eigenvalue weighted by Gasteiger charge is 2.27. The molecule has 26 heavy (non-hydrogen) atoms. The summed E-state index contributed by atoms with van der Waals surface area (Å²) in [5, 5.41) is 0. The molecule has 2 aromatic rings. The van der Waals surface area contributed by atoms with Gasteiger partial charge >= 0.3 is 0 Å². The van der Waals surface area contributed by atoms with Gasteiger partial charge in [0.05, 0.1) is 13.4 Å². The molecule has 2 rings (SSSR count). The second kappa shape index (κ2) is 7.24. The second-order valence-corrected chi connectivity index (χ2v) is 7.10. The Labute approximate surface area is 148 Å². The molecule has 6 nitrogen and oxygen atoms in total. The fourth-order valence-corrected chi connectivity index (χ4v) is 2.73. The molecular formula is C16H15F3N2O4S. The van der Waals surface area contributed by atoms with E-state index in [-0.39, 0.29) is 11.4 Å². The minimum atomic E-state index is -3.48. The molecule has 0 saturated carbocycles. The van der Waals surface area contributed by atoms with E-state index in [1.54, 1.807) is 0 Å². The van der Waals surface area contributed by atoms with Gasteiger partial charge in [0, 0.05) is 24.5 Å². The van der Waals surface area contributed by atoms with E-state index < -0.39 is 44.7 Å². The number of hydrogen-bond donors (Lipinski definition) is 1. The molecule has 0 unspecified atom stereocenters. The van der Waals surface area contributed by atoms with Crippen molar-refractivity contribution < 1.29 is 31.1 Å². The molecule has 0 fully saturated rings. The summed E-state index contributed by atoms with van der Waals surface area (Å²) in [4.78, 5) is 13.3. The standard InChI is InChI=1S/C16H15F3N2O4S/c1-21(10-6-4-9(5-7-10)20-26(3,23)24)16(22)13-11(17)8-12(25-2)14(18)15(13)19/h4-8,20H,1-3H3. The van der Waals surface area contributed by atoms with Crippen molar-refractivity contribution in [3.05, 3.63) is 53.3 Å². The van der Waals surface area contributed by atoms with Crippen LogP contribution in [0.3, 0.4) is 0 Å². The van der Waals surface area contributed by atoms with E-state index in [9.17, 15) is 26.4 Å². The van der Waals surface area contributed by atoms with Crippen molar-refractivity contribution in [3.8, 4) is 5.75 Å². The fraction of sp³-hybridized carbons (Fsp3) is 0.188. The summed E-state index contributed by atoms with van der Waals surface area (Å²) in [6.45, 7) is 0. The summed E-state index contributed by atoms with van der Waals surface area (Å²) in [6.07, 6.45) is 0.973. The van der Waals surface area contributed by atoms with Crippen LogP contribution in [0.1, 0.15) is 10.4 Å². The number of benzene rings is 2. The van der Waals surface area contributed by atoms with Crippen LogP contribution < -0.4 is 14.4 Å². The molecule has 0 aromatic heterocycles. The fourth-order valence-electron chi connectivity index (χ4n) is 2.17. The Hall–Kier alpha value is -2.75. The first-order valence-corrected chi connectivity index (χ1v) is 9.01. The summed E-state index contributed by atoms with van der Waals surface area (Å²) in [7, 11) is -1.20. The van der Waals surface area contributed by atoms with E-state index in [2.05, 4.69) is 9.46 Å². The Morgan fingerprint density at radius 3 is 2.19 bits per heavy atom. The molecule has 0 aliphatic carbocycles. The third kappa shape index (κ3) is 4.07. The third-order valence-corrected chi connectivity index (χ3v) is 4.03. The summed E-state index contributed by atoms with van der Waals surface area (Å²) in [5.41, 5.74) is -0.613. The quantitative estimate of drug-likeness (QED) is 0.800. The van der Waals surface area contributed by atoms with Gasteiger partial charge in [-0.3, -0.25) is 9.52 Å². The number of sulfonamides is 1. The summed E-state index contributed by atoms with van der Waals surface area (Å²) < 4.78 is 71.0. The first-order chi connectivity index (χ1) is 12.0. The lowest BCUT2D eigenvalue weighted by atomic mass is 10.1. The van der Waals surface area contributed by atoms with Crippen LogP contribution in [0.4, 0.5) is 24.5 Å². The molecule has 1 amide bonds. The number of carbonyl (C=O) groups is 1. The first kappa shape index (κ1) is 19.6. The number of halogens is 3. The van der Waals surface area contributed by atoms with Gasteiger partial charge in [-0.15, -0.1) is 0 Å². The van der Waals surface area contributed by atoms with E-state index >= 15 is 0 Å². The molecular weight excluding hydrogens is 373 g/mol. The topological polar surface area (TPSA) is 75.7 Å². The molecule has 0 aliphatic heterocycles. The molecule has 0 saturated heterocycles. The van der Waals surface area contributed by atoms with Gasteiger partial charge in [-0.05, 0) is 24.3 Å². The Bertz CT molecular complexity index is 947. The van der Waals surface area contributed by atoms with Crippen molar-refractivity contribution >= 4 is 27.3 Å². The van der Waals surface area contributed by atoms with Crippen LogP contribution in [-0.2, 0) is 10.0 Å². The van der Waals surface area contributed by atoms with Crippen LogP contribution in [0, 0.1) is 17.5 Å². The van der Waals surface area contributed by atoms with Gasteiger partial charge in [0.25, 0.3) is 5.91 Å². The van der Waals surface area contributed by atoms with Crippen LogP contribution in [0.25, 0.3) is 0 Å². The summed E-state index contributed by atoms with van der Waals surface area (Å²) in [6, 6.07) is 6.03. The zero-order valence-corrected chi connectivity index (χ0v) is 14.8. The maximum atomic E-state index is 14.1. The first-order valence-electron chi connectivity index (χ1n) is 7.12. The Balaban J connectivity index is 2.34. The van der Waals surface area contributed by atoms with Crippen molar-refractivity contribution in [1.29, 1.82) is 0 Å². The lowest BCUT2D eigenvalue weighted by Gasteiger charge is -2.19. The number of methoxy groups -OCH3 is 1. The highest BCUT2D eigenvalue weighted by Crippen LogP contribution is 2.27. The number of ether oxygens (including phenoxy) is 1. The van der Waals surface area contributed by atoms with Crippen LogP contribution >= 0.6 is 0 Å². The zero-order valence-electron chi connectivity index (χ0n) is 14.0. The number of carbonyl (C=O) groups excluding carboxylic acids is 1. The van der Waals surface area contributed by atoms with Crippen LogP contribution in [-0.4, -0.2) is 34.7 Å². The SMILES string of the molecule is COc1cc(F)c(C(=O)N(C)c2ccc(NS(C)(=O)=O)cc2)c(F)c1F. The monoisotopic (exact) mass is 388 g/mol. The number of amides is 1. The minimum absolute atomic E-state index is 0.212. The van der Waals surface area contributed by atoms with Crippen LogP contribution in [0.2, 0.25) is 0 Å². The Kier molecular flexibility index (Phi) is 5.45. The van der Waals surface area contributed by atoms with E-state index in [0.717, 1.165) is 18.3 Å². The molecule has 0 radical (unpaired) electrons. The minimum Gasteiger partial charge on any atom is -0.493 e. The van der Waals surface area contributed by atoms with Gasteiger partial charge in [-0.1, -0.05) is 0 Å². The van der Waals surface area contributed by atoms with Crippen molar-refractivity contribution in [2.75, 3.05) is 30.0 Å². The van der Waals surface area contributed by atoms with E-state index in [1.807, 2.05) is 0 Å². The average molecular weight is 388 g/mol. The van der Waals surface area contributed by atoms with E-state index in [0.29, 0.717) is 6.07 Å². The lowest BCUT2D eigenvalue weighted by Crippen LogP contribution is -2.28. The molecule has 140 valence electrons. The zero-order chi connectivity index (χ0) is 19.6. The molecule has 1 N–H and O–H groups in total. The van der Waals surface area contributed by atoms with Crippen LogP contribution in [0.5, 0.6) is 5.75 Å². The van der Waals surface area contributed by atoms with Crippen molar-refractivity contribution in [2.24, 2.45) is 0 Å². The summed E-state index contributed by atoms with van der Waals surface area (Å²) >= 11 is 0. The van der Waals surface area contributed by atoms with Gasteiger partial charge < -0.3 is 9.64 Å². The normalized spacial score (nSPS) is 11.2. The van der Waals surface area contributed by atoms with E-state index in [4.69, 9.17) is 0 Å². The number of nitrogens with zero attached hydrogens (tertiary/aromatic N) is 1. The number of nitrogens with one attached hydrogen (secondary N) is 1. The van der Waals surface area contributed by atoms with Gasteiger partial charge in [0.15, 0.2) is 11.6 Å². The average Bonchev–Trinajstić information content (AvgIpc) is 2.56. The lowest BCUT2D eigenvalue weighted by molar-refractivity contribution is 0.0983. The highest BCUT2D eigenvalue weighted by atomic mass is 32.2. The summed E-state index contributed by atoms with van der Waals surface area (Å²) in [5.74, 6) is -6.18. The predicted octanol–water partition coefficient (Wildman–Crippen LogP) is 2.76. The molecule has 10 heteroatoms. The largest absolute Gasteiger partial charge is 0.493 e. The van der Waals surface area contributed by atoms with Crippen molar-refractivity contribution in [1.82, 2.24) is 0 Å². The van der Waals surface area contributed by atoms with Crippen LogP contribution in [0.15, 0.2) is 30.3 Å². The van der Waals surface area contributed by atoms with Crippen molar-refractivity contribution in [2.45, 2.75) is 0 Å². The number of rotatable bonds is 5. The number of anilines is 2. The maximum absolute atomic E-state index is 14.1. The predicted molar refractivity (Wildman–Crippen MR) is 90.5 cm³/mol. The van der Waals surface area contributed by atoms with Gasteiger partial charge in [0.1, 0.15) is 11.4 Å². The van der Waals surface area contributed by atoms with Crippen molar-refractivity contribution in [3.63, 3.8) is 0 Å². The Morgan fingerprint density at radius 1 is 1.12 bits per heavy atom. The molecule has 2 aromatic carbocycles. The molecule has 0 bridgehead atoms. The molecule has 0 aliphatic rings. The Morgan fingerprint density at radius 2 is 1.69 bits per heavy atom. The third-order valence-electron chi connectivity index (χ3n) is 3.42. The molecule has 0 atom stereocenters. The molecule has 0 heterocycles. The smallest absolute Gasteiger partial charge is 0.264 e. The number of hydrogen-bond acceptors (Lipinski definition) is 4. The second-order valence-electron chi connectivity index (χ2n) is 5.35. The van der Waals surface area contributed by atoms with Gasteiger partial charge in [-0.2, -0.15) is 4.39 Å². The molecule has 0 spiro atoms. The van der Waals surface area contributed by atoms with Gasteiger partial charge in [0.2, 0.25) is 15.8 Å². The van der Waals surface area contributed by atoms with Gasteiger partial charge in [-0.25, -0.2) is 17.2 Å². The highest BCUT2D eigenvalue weighted by molar-refractivity contribution is 7.92. The maximum Gasteiger partial charge on any atom is 0.264 e.